The lowest BCUT2D eigenvalue weighted by Crippen LogP contribution is -2.40. The highest BCUT2D eigenvalue weighted by atomic mass is 19.1. The number of aliphatic hydroxyl groups excluding tert-OH is 1. The van der Waals surface area contributed by atoms with Gasteiger partial charge in [-0.2, -0.15) is 0 Å². The molecule has 1 aliphatic rings. The number of benzene rings is 1. The minimum absolute atomic E-state index is 0.0546. The van der Waals surface area contributed by atoms with E-state index in [2.05, 4.69) is 0 Å². The number of likely N-dealkylation sites (tertiary alicyclic amines) is 1. The monoisotopic (exact) mass is 279 g/mol. The Morgan fingerprint density at radius 3 is 2.80 bits per heavy atom. The van der Waals surface area contributed by atoms with Crippen molar-refractivity contribution < 1.29 is 14.3 Å². The normalized spacial score (nSPS) is 19.1. The largest absolute Gasteiger partial charge is 0.396 e. The molecular weight excluding hydrogens is 257 g/mol. The highest BCUT2D eigenvalue weighted by Gasteiger charge is 2.22. The van der Waals surface area contributed by atoms with Gasteiger partial charge < -0.3 is 10.0 Å². The summed E-state index contributed by atoms with van der Waals surface area (Å²) < 4.78 is 12.8. The lowest BCUT2D eigenvalue weighted by atomic mass is 9.91. The number of aryl methyl sites for hydroxylation is 1. The third kappa shape index (κ3) is 4.30. The Morgan fingerprint density at radius 2 is 2.10 bits per heavy atom. The van der Waals surface area contributed by atoms with E-state index < -0.39 is 0 Å². The summed E-state index contributed by atoms with van der Waals surface area (Å²) in [5.74, 6) is 0.364. The van der Waals surface area contributed by atoms with Gasteiger partial charge in [-0.1, -0.05) is 12.1 Å². The summed E-state index contributed by atoms with van der Waals surface area (Å²) in [4.78, 5) is 13.6. The minimum atomic E-state index is -0.202. The minimum Gasteiger partial charge on any atom is -0.396 e. The molecule has 110 valence electrons. The average molecular weight is 279 g/mol. The summed E-state index contributed by atoms with van der Waals surface area (Å²) in [7, 11) is 0. The highest BCUT2D eigenvalue weighted by molar-refractivity contribution is 5.76. The molecule has 0 aliphatic carbocycles. The van der Waals surface area contributed by atoms with Crippen molar-refractivity contribution in [1.82, 2.24) is 4.90 Å². The first-order chi connectivity index (χ1) is 9.69. The predicted octanol–water partition coefficient (Wildman–Crippen LogP) is 2.38. The van der Waals surface area contributed by atoms with Gasteiger partial charge in [0.1, 0.15) is 5.82 Å². The Labute approximate surface area is 119 Å². The second-order valence-corrected chi connectivity index (χ2v) is 5.49. The fraction of sp³-hybridized carbons (Fsp3) is 0.562. The summed E-state index contributed by atoms with van der Waals surface area (Å²) in [6, 6.07) is 6.64. The third-order valence-electron chi connectivity index (χ3n) is 3.95. The second-order valence-electron chi connectivity index (χ2n) is 5.49. The van der Waals surface area contributed by atoms with E-state index in [9.17, 15) is 9.18 Å². The van der Waals surface area contributed by atoms with Crippen LogP contribution in [0.25, 0.3) is 0 Å². The lowest BCUT2D eigenvalue weighted by molar-refractivity contribution is -0.133. The molecule has 20 heavy (non-hydrogen) atoms. The molecule has 1 aromatic carbocycles. The molecule has 1 unspecified atom stereocenters. The van der Waals surface area contributed by atoms with Crippen molar-refractivity contribution in [3.63, 3.8) is 0 Å². The van der Waals surface area contributed by atoms with E-state index in [0.29, 0.717) is 5.92 Å². The number of rotatable bonds is 5. The molecule has 0 radical (unpaired) electrons. The van der Waals surface area contributed by atoms with Crippen LogP contribution in [-0.2, 0) is 11.2 Å². The van der Waals surface area contributed by atoms with Crippen LogP contribution < -0.4 is 0 Å². The predicted molar refractivity (Wildman–Crippen MR) is 75.7 cm³/mol. The van der Waals surface area contributed by atoms with Gasteiger partial charge in [-0.3, -0.25) is 4.79 Å². The summed E-state index contributed by atoms with van der Waals surface area (Å²) in [5.41, 5.74) is 1.14. The van der Waals surface area contributed by atoms with Crippen LogP contribution in [0.3, 0.4) is 0 Å². The van der Waals surface area contributed by atoms with Crippen LogP contribution in [0.5, 0.6) is 0 Å². The van der Waals surface area contributed by atoms with E-state index in [4.69, 9.17) is 5.11 Å². The molecule has 0 aromatic heterocycles. The van der Waals surface area contributed by atoms with Gasteiger partial charge in [0.15, 0.2) is 0 Å². The van der Waals surface area contributed by atoms with Crippen molar-refractivity contribution in [3.05, 3.63) is 35.6 Å². The van der Waals surface area contributed by atoms with E-state index in [1.54, 1.807) is 0 Å². The molecule has 1 amide bonds. The Bertz CT molecular complexity index is 433. The van der Waals surface area contributed by atoms with E-state index in [0.717, 1.165) is 44.3 Å². The van der Waals surface area contributed by atoms with E-state index in [-0.39, 0.29) is 24.8 Å². The maximum absolute atomic E-state index is 12.8. The second kappa shape index (κ2) is 7.39. The number of hydrogen-bond donors (Lipinski definition) is 1. The van der Waals surface area contributed by atoms with Gasteiger partial charge in [0, 0.05) is 19.5 Å². The van der Waals surface area contributed by atoms with Crippen LogP contribution in [0.15, 0.2) is 24.3 Å². The molecular formula is C16H22FNO2. The van der Waals surface area contributed by atoms with Crippen molar-refractivity contribution in [1.29, 1.82) is 0 Å². The number of hydrogen-bond acceptors (Lipinski definition) is 2. The maximum Gasteiger partial charge on any atom is 0.224 e. The van der Waals surface area contributed by atoms with Gasteiger partial charge in [-0.15, -0.1) is 0 Å². The zero-order valence-electron chi connectivity index (χ0n) is 11.7. The molecule has 0 bridgehead atoms. The standard InChI is InChI=1S/C16H22FNO2/c17-15-7-5-13(6-8-15)3-4-14-2-1-10-18(12-14)16(20)9-11-19/h5-8,14,19H,1-4,9-12H2. The smallest absolute Gasteiger partial charge is 0.224 e. The quantitative estimate of drug-likeness (QED) is 0.899. The Morgan fingerprint density at radius 1 is 1.35 bits per heavy atom. The highest BCUT2D eigenvalue weighted by Crippen LogP contribution is 2.22. The number of piperidine rings is 1. The summed E-state index contributed by atoms with van der Waals surface area (Å²) >= 11 is 0. The van der Waals surface area contributed by atoms with E-state index >= 15 is 0 Å². The van der Waals surface area contributed by atoms with Gasteiger partial charge in [-0.05, 0) is 49.3 Å². The van der Waals surface area contributed by atoms with Crippen molar-refractivity contribution in [2.45, 2.75) is 32.1 Å². The molecule has 1 aromatic rings. The van der Waals surface area contributed by atoms with Crippen LogP contribution in [0.1, 0.15) is 31.2 Å². The molecule has 3 nitrogen and oxygen atoms in total. The molecule has 1 atom stereocenters. The van der Waals surface area contributed by atoms with Crippen LogP contribution in [0, 0.1) is 11.7 Å². The first-order valence-electron chi connectivity index (χ1n) is 7.32. The Kier molecular flexibility index (Phi) is 5.53. The van der Waals surface area contributed by atoms with Crippen LogP contribution in [0.2, 0.25) is 0 Å². The Balaban J connectivity index is 1.80. The van der Waals surface area contributed by atoms with Gasteiger partial charge in [-0.25, -0.2) is 4.39 Å². The molecule has 0 spiro atoms. The fourth-order valence-corrected chi connectivity index (χ4v) is 2.80. The van der Waals surface area contributed by atoms with Crippen LogP contribution >= 0.6 is 0 Å². The SMILES string of the molecule is O=C(CCO)N1CCCC(CCc2ccc(F)cc2)C1. The fourth-order valence-electron chi connectivity index (χ4n) is 2.80. The first-order valence-corrected chi connectivity index (χ1v) is 7.32. The molecule has 1 saturated heterocycles. The van der Waals surface area contributed by atoms with E-state index in [1.165, 1.54) is 12.1 Å². The van der Waals surface area contributed by atoms with Crippen molar-refractivity contribution in [3.8, 4) is 0 Å². The van der Waals surface area contributed by atoms with Crippen LogP contribution in [0.4, 0.5) is 4.39 Å². The zero-order valence-corrected chi connectivity index (χ0v) is 11.7. The van der Waals surface area contributed by atoms with Gasteiger partial charge >= 0.3 is 0 Å². The van der Waals surface area contributed by atoms with Crippen molar-refractivity contribution >= 4 is 5.91 Å². The summed E-state index contributed by atoms with van der Waals surface area (Å²) in [5, 5.41) is 8.83. The molecule has 2 rings (SSSR count). The van der Waals surface area contributed by atoms with Crippen LogP contribution in [-0.4, -0.2) is 35.6 Å². The lowest BCUT2D eigenvalue weighted by Gasteiger charge is -2.33. The first kappa shape index (κ1) is 15.0. The Hall–Kier alpha value is -1.42. The summed E-state index contributed by atoms with van der Waals surface area (Å²) in [6.07, 6.45) is 4.35. The third-order valence-corrected chi connectivity index (χ3v) is 3.95. The van der Waals surface area contributed by atoms with Crippen molar-refractivity contribution in [2.75, 3.05) is 19.7 Å². The summed E-state index contributed by atoms with van der Waals surface area (Å²) in [6.45, 7) is 1.53. The molecule has 1 fully saturated rings. The number of carbonyl (C=O) groups excluding carboxylic acids is 1. The molecule has 0 saturated carbocycles. The zero-order chi connectivity index (χ0) is 14.4. The number of nitrogens with zero attached hydrogens (tertiary/aromatic N) is 1. The van der Waals surface area contributed by atoms with Gasteiger partial charge in [0.05, 0.1) is 6.61 Å². The molecule has 1 N–H and O–H groups in total. The molecule has 4 heteroatoms. The maximum atomic E-state index is 12.8. The molecule has 1 aliphatic heterocycles. The molecule has 1 heterocycles. The number of aliphatic hydroxyl groups is 1. The van der Waals surface area contributed by atoms with Crippen molar-refractivity contribution in [2.24, 2.45) is 5.92 Å². The topological polar surface area (TPSA) is 40.5 Å². The average Bonchev–Trinajstić information content (AvgIpc) is 2.47. The van der Waals surface area contributed by atoms with Gasteiger partial charge in [0.25, 0.3) is 0 Å². The van der Waals surface area contributed by atoms with E-state index in [1.807, 2.05) is 17.0 Å². The number of halogens is 1. The number of carbonyl (C=O) groups is 1. The number of amides is 1. The van der Waals surface area contributed by atoms with Gasteiger partial charge in [0.2, 0.25) is 5.91 Å².